The fraction of sp³-hybridized carbons (Fsp3) is 0. The van der Waals surface area contributed by atoms with E-state index in [1.165, 1.54) is 18.5 Å². The zero-order valence-corrected chi connectivity index (χ0v) is 10.4. The molecule has 0 atom stereocenters. The van der Waals surface area contributed by atoms with Crippen molar-refractivity contribution < 1.29 is 14.6 Å². The SMILES string of the molecule is O=C(O)c1ccncc1Oc1nccc2ccccc12. The third kappa shape index (κ3) is 2.16. The van der Waals surface area contributed by atoms with E-state index >= 15 is 0 Å². The molecule has 0 aliphatic rings. The van der Waals surface area contributed by atoms with E-state index in [0.717, 1.165) is 10.8 Å². The van der Waals surface area contributed by atoms with Gasteiger partial charge in [-0.15, -0.1) is 0 Å². The molecule has 5 nitrogen and oxygen atoms in total. The number of aromatic nitrogens is 2. The number of fused-ring (bicyclic) bond motifs is 1. The summed E-state index contributed by atoms with van der Waals surface area (Å²) in [5, 5.41) is 10.9. The van der Waals surface area contributed by atoms with E-state index < -0.39 is 5.97 Å². The molecule has 0 radical (unpaired) electrons. The molecule has 5 heteroatoms. The van der Waals surface area contributed by atoms with Crippen LogP contribution >= 0.6 is 0 Å². The van der Waals surface area contributed by atoms with Crippen molar-refractivity contribution in [3.63, 3.8) is 0 Å². The maximum absolute atomic E-state index is 11.1. The predicted octanol–water partition coefficient (Wildman–Crippen LogP) is 3.12. The normalized spacial score (nSPS) is 10.4. The minimum atomic E-state index is -1.07. The van der Waals surface area contributed by atoms with Gasteiger partial charge >= 0.3 is 5.97 Å². The Morgan fingerprint density at radius 2 is 1.95 bits per heavy atom. The van der Waals surface area contributed by atoms with E-state index in [-0.39, 0.29) is 11.3 Å². The topological polar surface area (TPSA) is 72.3 Å². The first-order chi connectivity index (χ1) is 9.75. The predicted molar refractivity (Wildman–Crippen MR) is 73.0 cm³/mol. The fourth-order valence-electron chi connectivity index (χ4n) is 1.92. The zero-order valence-electron chi connectivity index (χ0n) is 10.4. The highest BCUT2D eigenvalue weighted by molar-refractivity contribution is 5.91. The maximum atomic E-state index is 11.1. The summed E-state index contributed by atoms with van der Waals surface area (Å²) in [6.45, 7) is 0. The number of nitrogens with zero attached hydrogens (tertiary/aromatic N) is 2. The number of ether oxygens (including phenoxy) is 1. The first-order valence-corrected chi connectivity index (χ1v) is 5.94. The van der Waals surface area contributed by atoms with Crippen molar-refractivity contribution in [3.8, 4) is 11.6 Å². The number of rotatable bonds is 3. The lowest BCUT2D eigenvalue weighted by atomic mass is 10.2. The quantitative estimate of drug-likeness (QED) is 0.788. The molecule has 20 heavy (non-hydrogen) atoms. The maximum Gasteiger partial charge on any atom is 0.339 e. The molecule has 0 bridgehead atoms. The van der Waals surface area contributed by atoms with Gasteiger partial charge in [0, 0.05) is 17.8 Å². The third-order valence-corrected chi connectivity index (χ3v) is 2.86. The molecule has 1 N–H and O–H groups in total. The molecule has 0 amide bonds. The summed E-state index contributed by atoms with van der Waals surface area (Å²) in [5.74, 6) is -0.537. The Hall–Kier alpha value is -2.95. The van der Waals surface area contributed by atoms with Gasteiger partial charge in [-0.3, -0.25) is 4.98 Å². The number of carboxylic acids is 1. The van der Waals surface area contributed by atoms with Crippen molar-refractivity contribution in [1.29, 1.82) is 0 Å². The Bertz CT molecular complexity index is 781. The first-order valence-electron chi connectivity index (χ1n) is 5.94. The van der Waals surface area contributed by atoms with Gasteiger partial charge in [0.05, 0.1) is 6.20 Å². The standard InChI is InChI=1S/C15H10N2O3/c18-15(19)12-6-7-16-9-13(12)20-14-11-4-2-1-3-10(11)5-8-17-14/h1-9H,(H,18,19). The molecule has 0 aliphatic carbocycles. The Labute approximate surface area is 114 Å². The largest absolute Gasteiger partial charge is 0.478 e. The van der Waals surface area contributed by atoms with Gasteiger partial charge in [0.1, 0.15) is 5.56 Å². The van der Waals surface area contributed by atoms with Crippen LogP contribution in [0.5, 0.6) is 11.6 Å². The minimum absolute atomic E-state index is 0.0507. The summed E-state index contributed by atoms with van der Waals surface area (Å²) in [7, 11) is 0. The molecule has 2 aromatic heterocycles. The molecule has 1 aromatic carbocycles. The number of hydrogen-bond donors (Lipinski definition) is 1. The summed E-state index contributed by atoms with van der Waals surface area (Å²) in [6.07, 6.45) is 4.40. The highest BCUT2D eigenvalue weighted by Gasteiger charge is 2.13. The molecular formula is C15H10N2O3. The molecule has 3 aromatic rings. The molecule has 0 fully saturated rings. The van der Waals surface area contributed by atoms with Gasteiger partial charge in [-0.05, 0) is 23.6 Å². The van der Waals surface area contributed by atoms with Crippen LogP contribution in [0.3, 0.4) is 0 Å². The lowest BCUT2D eigenvalue weighted by Gasteiger charge is -2.09. The lowest BCUT2D eigenvalue weighted by Crippen LogP contribution is -2.01. The average molecular weight is 266 g/mol. The molecule has 0 aliphatic heterocycles. The van der Waals surface area contributed by atoms with Crippen LogP contribution < -0.4 is 4.74 Å². The second kappa shape index (κ2) is 4.97. The number of hydrogen-bond acceptors (Lipinski definition) is 4. The lowest BCUT2D eigenvalue weighted by molar-refractivity contribution is 0.0694. The van der Waals surface area contributed by atoms with E-state index in [2.05, 4.69) is 9.97 Å². The number of benzene rings is 1. The Kier molecular flexibility index (Phi) is 3.01. The van der Waals surface area contributed by atoms with Crippen LogP contribution in [-0.2, 0) is 0 Å². The van der Waals surface area contributed by atoms with Crippen molar-refractivity contribution in [3.05, 3.63) is 60.6 Å². The smallest absolute Gasteiger partial charge is 0.339 e. The Morgan fingerprint density at radius 1 is 1.10 bits per heavy atom. The zero-order chi connectivity index (χ0) is 13.9. The molecule has 2 heterocycles. The van der Waals surface area contributed by atoms with Gasteiger partial charge in [0.15, 0.2) is 5.75 Å². The van der Waals surface area contributed by atoms with Crippen molar-refractivity contribution in [2.45, 2.75) is 0 Å². The number of pyridine rings is 2. The Balaban J connectivity index is 2.08. The van der Waals surface area contributed by atoms with E-state index in [1.807, 2.05) is 30.3 Å². The summed E-state index contributed by atoms with van der Waals surface area (Å²) in [6, 6.07) is 10.9. The van der Waals surface area contributed by atoms with Gasteiger partial charge in [-0.25, -0.2) is 9.78 Å². The summed E-state index contributed by atoms with van der Waals surface area (Å²) >= 11 is 0. The van der Waals surface area contributed by atoms with E-state index in [9.17, 15) is 4.79 Å². The molecular weight excluding hydrogens is 256 g/mol. The van der Waals surface area contributed by atoms with Crippen molar-refractivity contribution >= 4 is 16.7 Å². The molecule has 0 saturated heterocycles. The number of carboxylic acid groups (broad SMARTS) is 1. The average Bonchev–Trinajstić information content (AvgIpc) is 2.48. The van der Waals surface area contributed by atoms with Crippen molar-refractivity contribution in [1.82, 2.24) is 9.97 Å². The third-order valence-electron chi connectivity index (χ3n) is 2.86. The van der Waals surface area contributed by atoms with Crippen LogP contribution in [0, 0.1) is 0 Å². The molecule has 0 saturated carbocycles. The van der Waals surface area contributed by atoms with Crippen molar-refractivity contribution in [2.75, 3.05) is 0 Å². The van der Waals surface area contributed by atoms with E-state index in [4.69, 9.17) is 9.84 Å². The summed E-state index contributed by atoms with van der Waals surface area (Å²) in [5.41, 5.74) is 0.0507. The fourth-order valence-corrected chi connectivity index (χ4v) is 1.92. The second-order valence-electron chi connectivity index (χ2n) is 4.12. The monoisotopic (exact) mass is 266 g/mol. The second-order valence-corrected chi connectivity index (χ2v) is 4.12. The van der Waals surface area contributed by atoms with E-state index in [0.29, 0.717) is 5.88 Å². The summed E-state index contributed by atoms with van der Waals surface area (Å²) < 4.78 is 5.63. The first kappa shape index (κ1) is 12.1. The van der Waals surface area contributed by atoms with E-state index in [1.54, 1.807) is 6.20 Å². The van der Waals surface area contributed by atoms with Gasteiger partial charge in [-0.1, -0.05) is 18.2 Å². The van der Waals surface area contributed by atoms with Gasteiger partial charge in [0.2, 0.25) is 5.88 Å². The molecule has 3 rings (SSSR count). The van der Waals surface area contributed by atoms with Gasteiger partial charge in [0.25, 0.3) is 0 Å². The van der Waals surface area contributed by atoms with Crippen LogP contribution in [0.15, 0.2) is 55.0 Å². The van der Waals surface area contributed by atoms with Gasteiger partial charge in [-0.2, -0.15) is 0 Å². The van der Waals surface area contributed by atoms with Crippen LogP contribution in [-0.4, -0.2) is 21.0 Å². The molecule has 98 valence electrons. The van der Waals surface area contributed by atoms with Gasteiger partial charge < -0.3 is 9.84 Å². The number of aromatic carboxylic acids is 1. The Morgan fingerprint density at radius 3 is 2.80 bits per heavy atom. The minimum Gasteiger partial charge on any atom is -0.478 e. The van der Waals surface area contributed by atoms with Crippen LogP contribution in [0.2, 0.25) is 0 Å². The highest BCUT2D eigenvalue weighted by Crippen LogP contribution is 2.28. The molecule has 0 spiro atoms. The highest BCUT2D eigenvalue weighted by atomic mass is 16.5. The summed E-state index contributed by atoms with van der Waals surface area (Å²) in [4.78, 5) is 19.2. The van der Waals surface area contributed by atoms with Crippen LogP contribution in [0.4, 0.5) is 0 Å². The van der Waals surface area contributed by atoms with Crippen molar-refractivity contribution in [2.24, 2.45) is 0 Å². The van der Waals surface area contributed by atoms with Crippen LogP contribution in [0.25, 0.3) is 10.8 Å². The van der Waals surface area contributed by atoms with Crippen LogP contribution in [0.1, 0.15) is 10.4 Å². The number of carbonyl (C=O) groups is 1. The molecule has 0 unspecified atom stereocenters.